The van der Waals surface area contributed by atoms with Crippen molar-refractivity contribution >= 4 is 11.6 Å². The third kappa shape index (κ3) is 1.09. The van der Waals surface area contributed by atoms with Crippen molar-refractivity contribution in [3.8, 4) is 0 Å². The van der Waals surface area contributed by atoms with Gasteiger partial charge in [0, 0.05) is 25.3 Å². The van der Waals surface area contributed by atoms with E-state index in [4.69, 9.17) is 9.47 Å². The second kappa shape index (κ2) is 3.25. The third-order valence-electron chi connectivity index (χ3n) is 2.61. The van der Waals surface area contributed by atoms with E-state index >= 15 is 0 Å². The molecule has 0 N–H and O–H groups in total. The van der Waals surface area contributed by atoms with Crippen LogP contribution in [0.3, 0.4) is 0 Å². The number of methoxy groups -OCH3 is 2. The normalized spacial score (nSPS) is 18.0. The molecule has 1 aromatic rings. The number of benzene rings is 1. The second-order valence-corrected chi connectivity index (χ2v) is 3.23. The van der Waals surface area contributed by atoms with Gasteiger partial charge in [-0.2, -0.15) is 0 Å². The lowest BCUT2D eigenvalue weighted by molar-refractivity contribution is -0.206. The third-order valence-corrected chi connectivity index (χ3v) is 2.61. The van der Waals surface area contributed by atoms with Gasteiger partial charge in [0.1, 0.15) is 0 Å². The Morgan fingerprint density at radius 1 is 1.07 bits per heavy atom. The monoisotopic (exact) mass is 206 g/mol. The van der Waals surface area contributed by atoms with Crippen molar-refractivity contribution in [3.05, 3.63) is 35.4 Å². The van der Waals surface area contributed by atoms with Crippen molar-refractivity contribution in [2.45, 2.75) is 5.79 Å². The van der Waals surface area contributed by atoms with Crippen LogP contribution in [0.1, 0.15) is 15.9 Å². The Kier molecular flexibility index (Phi) is 2.17. The van der Waals surface area contributed by atoms with E-state index in [1.165, 1.54) is 14.2 Å². The first-order valence-corrected chi connectivity index (χ1v) is 4.46. The highest BCUT2D eigenvalue weighted by Gasteiger charge is 2.53. The second-order valence-electron chi connectivity index (χ2n) is 3.23. The predicted molar refractivity (Wildman–Crippen MR) is 51.5 cm³/mol. The zero-order valence-corrected chi connectivity index (χ0v) is 8.44. The van der Waals surface area contributed by atoms with E-state index in [2.05, 4.69) is 0 Å². The minimum Gasteiger partial charge on any atom is -0.343 e. The van der Waals surface area contributed by atoms with E-state index in [1.807, 2.05) is 0 Å². The standard InChI is InChI=1S/C11H10O4/c1-14-11(15-2)8-6-4-3-5-7(8)9(12)10(11)13/h3-6H,1-2H3. The first kappa shape index (κ1) is 10.0. The van der Waals surface area contributed by atoms with Gasteiger partial charge in [-0.15, -0.1) is 0 Å². The average Bonchev–Trinajstić information content (AvgIpc) is 2.51. The van der Waals surface area contributed by atoms with E-state index < -0.39 is 17.4 Å². The summed E-state index contributed by atoms with van der Waals surface area (Å²) in [6.07, 6.45) is 0. The minimum atomic E-state index is -1.55. The van der Waals surface area contributed by atoms with Crippen LogP contribution in [0.15, 0.2) is 24.3 Å². The number of carbonyl (C=O) groups is 2. The zero-order valence-electron chi connectivity index (χ0n) is 8.44. The van der Waals surface area contributed by atoms with E-state index in [0.717, 1.165) is 0 Å². The predicted octanol–water partition coefficient (Wildman–Crippen LogP) is 0.898. The van der Waals surface area contributed by atoms with E-state index in [0.29, 0.717) is 11.1 Å². The molecule has 0 aliphatic heterocycles. The molecule has 0 heterocycles. The summed E-state index contributed by atoms with van der Waals surface area (Å²) in [6, 6.07) is 6.68. The summed E-state index contributed by atoms with van der Waals surface area (Å²) in [5.41, 5.74) is 0.830. The van der Waals surface area contributed by atoms with Crippen molar-refractivity contribution in [2.24, 2.45) is 0 Å². The first-order chi connectivity index (χ1) is 7.17. The number of ketones is 2. The molecule has 0 atom stereocenters. The Balaban J connectivity index is 2.70. The molecule has 0 saturated carbocycles. The van der Waals surface area contributed by atoms with Gasteiger partial charge in [-0.1, -0.05) is 24.3 Å². The maximum atomic E-state index is 11.7. The van der Waals surface area contributed by atoms with Crippen LogP contribution in [0, 0.1) is 0 Å². The van der Waals surface area contributed by atoms with Crippen molar-refractivity contribution in [2.75, 3.05) is 14.2 Å². The topological polar surface area (TPSA) is 52.6 Å². The van der Waals surface area contributed by atoms with Crippen molar-refractivity contribution in [3.63, 3.8) is 0 Å². The first-order valence-electron chi connectivity index (χ1n) is 4.46. The van der Waals surface area contributed by atoms with Gasteiger partial charge in [-0.3, -0.25) is 9.59 Å². The highest BCUT2D eigenvalue weighted by Crippen LogP contribution is 2.37. The highest BCUT2D eigenvalue weighted by atomic mass is 16.7. The SMILES string of the molecule is COC1(OC)C(=O)C(=O)c2ccccc21. The molecule has 1 aliphatic carbocycles. The molecule has 0 amide bonds. The molecule has 0 unspecified atom stereocenters. The molecule has 0 bridgehead atoms. The molecule has 0 aromatic heterocycles. The number of Topliss-reactive ketones (excluding diaryl/α,β-unsaturated/α-hetero) is 2. The summed E-state index contributed by atoms with van der Waals surface area (Å²) >= 11 is 0. The van der Waals surface area contributed by atoms with Crippen molar-refractivity contribution < 1.29 is 19.1 Å². The molecule has 4 nitrogen and oxygen atoms in total. The molecule has 0 spiro atoms. The molecule has 1 aliphatic rings. The minimum absolute atomic E-state index is 0.353. The van der Waals surface area contributed by atoms with Crippen LogP contribution in [-0.4, -0.2) is 25.8 Å². The van der Waals surface area contributed by atoms with Crippen LogP contribution in [0.2, 0.25) is 0 Å². The van der Waals surface area contributed by atoms with Crippen LogP contribution in [0.4, 0.5) is 0 Å². The molecular formula is C11H10O4. The molecule has 1 aromatic carbocycles. The number of hydrogen-bond donors (Lipinski definition) is 0. The Morgan fingerprint density at radius 2 is 1.67 bits per heavy atom. The molecular weight excluding hydrogens is 196 g/mol. The number of fused-ring (bicyclic) bond motifs is 1. The van der Waals surface area contributed by atoms with Gasteiger partial charge in [-0.25, -0.2) is 0 Å². The fraction of sp³-hybridized carbons (Fsp3) is 0.273. The van der Waals surface area contributed by atoms with Gasteiger partial charge >= 0.3 is 0 Å². The lowest BCUT2D eigenvalue weighted by Crippen LogP contribution is -2.37. The lowest BCUT2D eigenvalue weighted by Gasteiger charge is -2.23. The van der Waals surface area contributed by atoms with Crippen molar-refractivity contribution in [1.29, 1.82) is 0 Å². The number of ether oxygens (including phenoxy) is 2. The summed E-state index contributed by atoms with van der Waals surface area (Å²) in [4.78, 5) is 23.4. The van der Waals surface area contributed by atoms with Crippen LogP contribution in [-0.2, 0) is 20.1 Å². The van der Waals surface area contributed by atoms with Gasteiger partial charge in [0.2, 0.25) is 5.78 Å². The molecule has 15 heavy (non-hydrogen) atoms. The van der Waals surface area contributed by atoms with Gasteiger partial charge in [0.05, 0.1) is 0 Å². The number of hydrogen-bond acceptors (Lipinski definition) is 4. The largest absolute Gasteiger partial charge is 0.343 e. The fourth-order valence-corrected chi connectivity index (χ4v) is 1.85. The van der Waals surface area contributed by atoms with E-state index in [-0.39, 0.29) is 0 Å². The van der Waals surface area contributed by atoms with Gasteiger partial charge < -0.3 is 9.47 Å². The molecule has 4 heteroatoms. The molecule has 0 fully saturated rings. The molecule has 78 valence electrons. The summed E-state index contributed by atoms with van der Waals surface area (Å²) in [6.45, 7) is 0. The van der Waals surface area contributed by atoms with E-state index in [1.54, 1.807) is 24.3 Å². The van der Waals surface area contributed by atoms with Crippen molar-refractivity contribution in [1.82, 2.24) is 0 Å². The summed E-state index contributed by atoms with van der Waals surface area (Å²) in [5, 5.41) is 0. The fourth-order valence-electron chi connectivity index (χ4n) is 1.85. The molecule has 0 radical (unpaired) electrons. The molecule has 2 rings (SSSR count). The highest BCUT2D eigenvalue weighted by molar-refractivity contribution is 6.49. The van der Waals surface area contributed by atoms with Gasteiger partial charge in [-0.05, 0) is 0 Å². The summed E-state index contributed by atoms with van der Waals surface area (Å²) in [5.74, 6) is -2.78. The van der Waals surface area contributed by atoms with Gasteiger partial charge in [0.25, 0.3) is 11.6 Å². The van der Waals surface area contributed by atoms with Crippen LogP contribution < -0.4 is 0 Å². The number of rotatable bonds is 2. The van der Waals surface area contributed by atoms with Crippen LogP contribution in [0.5, 0.6) is 0 Å². The maximum Gasteiger partial charge on any atom is 0.267 e. The lowest BCUT2D eigenvalue weighted by atomic mass is 10.1. The summed E-state index contributed by atoms with van der Waals surface area (Å²) in [7, 11) is 2.69. The van der Waals surface area contributed by atoms with E-state index in [9.17, 15) is 9.59 Å². The maximum absolute atomic E-state index is 11.7. The van der Waals surface area contributed by atoms with Gasteiger partial charge in [0.15, 0.2) is 0 Å². The van der Waals surface area contributed by atoms with Crippen LogP contribution in [0.25, 0.3) is 0 Å². The molecule has 0 saturated heterocycles. The van der Waals surface area contributed by atoms with Crippen LogP contribution >= 0.6 is 0 Å². The quantitative estimate of drug-likeness (QED) is 0.533. The zero-order chi connectivity index (χ0) is 11.1. The smallest absolute Gasteiger partial charge is 0.267 e. The Bertz CT molecular complexity index is 432. The Morgan fingerprint density at radius 3 is 2.27 bits per heavy atom. The summed E-state index contributed by atoms with van der Waals surface area (Å²) < 4.78 is 10.1. The average molecular weight is 206 g/mol. The Labute approximate surface area is 86.8 Å². The Hall–Kier alpha value is -1.52. The number of carbonyl (C=O) groups excluding carboxylic acids is 2.